The quantitative estimate of drug-likeness (QED) is 0.679. The molecular weight excluding hydrogens is 298 g/mol. The van der Waals surface area contributed by atoms with Crippen molar-refractivity contribution in [2.24, 2.45) is 0 Å². The first kappa shape index (κ1) is 16.9. The molecule has 0 aliphatic rings. The van der Waals surface area contributed by atoms with Gasteiger partial charge in [0.05, 0.1) is 19.2 Å². The van der Waals surface area contributed by atoms with Crippen LogP contribution in [0.5, 0.6) is 0 Å². The van der Waals surface area contributed by atoms with E-state index >= 15 is 0 Å². The number of carbonyl (C=O) groups excluding carboxylic acids is 2. The van der Waals surface area contributed by atoms with Gasteiger partial charge in [-0.2, -0.15) is 0 Å². The van der Waals surface area contributed by atoms with Gasteiger partial charge < -0.3 is 15.2 Å². The Hall–Kier alpha value is -2.16. The van der Waals surface area contributed by atoms with Crippen molar-refractivity contribution in [2.45, 2.75) is 25.7 Å². The van der Waals surface area contributed by atoms with Crippen LogP contribution in [0, 0.1) is 0 Å². The van der Waals surface area contributed by atoms with Crippen LogP contribution in [0.1, 0.15) is 26.0 Å². The Kier molecular flexibility index (Phi) is 5.65. The fourth-order valence-electron chi connectivity index (χ4n) is 1.40. The highest BCUT2D eigenvalue weighted by Gasteiger charge is 2.33. The van der Waals surface area contributed by atoms with Crippen molar-refractivity contribution in [2.75, 3.05) is 19.0 Å². The molecule has 0 aliphatic carbocycles. The molecule has 116 valence electrons. The molecule has 0 radical (unpaired) electrons. The predicted molar refractivity (Wildman–Crippen MR) is 76.4 cm³/mol. The fraction of sp³-hybridized carbons (Fsp3) is 0.500. The number of aromatic nitrogens is 1. The van der Waals surface area contributed by atoms with Gasteiger partial charge in [0.2, 0.25) is 0 Å². The highest BCUT2D eigenvalue weighted by atomic mass is 32.1. The standard InChI is InChI=1S/C12H17N3O5S/c1-12(2,9(18)20-3)7-6-21-11(14-7)15-10(19)13-5-4-8(16)17/h6H,4-5H2,1-3H3,(H,16,17)(H2,13,14,15,19). The molecular formula is C12H17N3O5S. The molecule has 0 aromatic carbocycles. The molecule has 0 aliphatic heterocycles. The summed E-state index contributed by atoms with van der Waals surface area (Å²) in [6, 6.07) is -0.548. The summed E-state index contributed by atoms with van der Waals surface area (Å²) in [7, 11) is 1.30. The van der Waals surface area contributed by atoms with Gasteiger partial charge in [0, 0.05) is 11.9 Å². The first-order valence-corrected chi connectivity index (χ1v) is 6.96. The van der Waals surface area contributed by atoms with Crippen LogP contribution in [0.25, 0.3) is 0 Å². The van der Waals surface area contributed by atoms with Crippen LogP contribution in [0.4, 0.5) is 9.93 Å². The SMILES string of the molecule is COC(=O)C(C)(C)c1csc(NC(=O)NCCC(=O)O)n1. The van der Waals surface area contributed by atoms with E-state index in [1.54, 1.807) is 19.2 Å². The van der Waals surface area contributed by atoms with E-state index in [1.807, 2.05) is 0 Å². The lowest BCUT2D eigenvalue weighted by molar-refractivity contribution is -0.146. The number of rotatable bonds is 6. The van der Waals surface area contributed by atoms with E-state index < -0.39 is 23.4 Å². The molecule has 1 heterocycles. The predicted octanol–water partition coefficient (Wildman–Crippen LogP) is 1.19. The van der Waals surface area contributed by atoms with Gasteiger partial charge in [-0.3, -0.25) is 14.9 Å². The molecule has 0 fully saturated rings. The molecule has 0 atom stereocenters. The summed E-state index contributed by atoms with van der Waals surface area (Å²) in [5, 5.41) is 15.3. The van der Waals surface area contributed by atoms with Gasteiger partial charge in [0.15, 0.2) is 5.13 Å². The lowest BCUT2D eigenvalue weighted by Gasteiger charge is -2.18. The van der Waals surface area contributed by atoms with Crippen LogP contribution in [0.3, 0.4) is 0 Å². The number of carboxylic acids is 1. The number of ether oxygens (including phenoxy) is 1. The third kappa shape index (κ3) is 4.71. The van der Waals surface area contributed by atoms with Crippen LogP contribution in [0.15, 0.2) is 5.38 Å². The number of esters is 1. The Bertz CT molecular complexity index is 541. The van der Waals surface area contributed by atoms with E-state index in [4.69, 9.17) is 9.84 Å². The van der Waals surface area contributed by atoms with E-state index in [0.717, 1.165) is 0 Å². The van der Waals surface area contributed by atoms with E-state index in [0.29, 0.717) is 10.8 Å². The maximum absolute atomic E-state index is 11.7. The number of aliphatic carboxylic acids is 1. The Morgan fingerprint density at radius 2 is 2.10 bits per heavy atom. The summed E-state index contributed by atoms with van der Waals surface area (Å²) in [5.41, 5.74) is -0.425. The van der Waals surface area contributed by atoms with Crippen molar-refractivity contribution in [3.05, 3.63) is 11.1 Å². The second kappa shape index (κ2) is 7.02. The van der Waals surface area contributed by atoms with Crippen LogP contribution in [-0.2, 0) is 19.7 Å². The molecule has 0 saturated carbocycles. The summed E-state index contributed by atoms with van der Waals surface area (Å²) in [5.74, 6) is -1.42. The van der Waals surface area contributed by atoms with Crippen molar-refractivity contribution in [1.82, 2.24) is 10.3 Å². The Morgan fingerprint density at radius 3 is 2.67 bits per heavy atom. The summed E-state index contributed by atoms with van der Waals surface area (Å²) < 4.78 is 4.71. The molecule has 1 aromatic heterocycles. The highest BCUT2D eigenvalue weighted by Crippen LogP contribution is 2.28. The van der Waals surface area contributed by atoms with Crippen molar-refractivity contribution in [3.8, 4) is 0 Å². The van der Waals surface area contributed by atoms with Gasteiger partial charge in [0.1, 0.15) is 5.41 Å². The highest BCUT2D eigenvalue weighted by molar-refractivity contribution is 7.14. The lowest BCUT2D eigenvalue weighted by atomic mass is 9.90. The molecule has 0 unspecified atom stereocenters. The third-order valence-electron chi connectivity index (χ3n) is 2.69. The van der Waals surface area contributed by atoms with Gasteiger partial charge in [-0.25, -0.2) is 9.78 Å². The first-order valence-electron chi connectivity index (χ1n) is 6.08. The molecule has 21 heavy (non-hydrogen) atoms. The number of carboxylic acid groups (broad SMARTS) is 1. The van der Waals surface area contributed by atoms with Gasteiger partial charge in [-0.05, 0) is 13.8 Å². The number of amides is 2. The second-order valence-corrected chi connectivity index (χ2v) is 5.54. The second-order valence-electron chi connectivity index (χ2n) is 4.68. The van der Waals surface area contributed by atoms with Crippen molar-refractivity contribution < 1.29 is 24.2 Å². The summed E-state index contributed by atoms with van der Waals surface area (Å²) in [4.78, 5) is 37.6. The number of carbonyl (C=O) groups is 3. The van der Waals surface area contributed by atoms with Gasteiger partial charge >= 0.3 is 18.0 Å². The average Bonchev–Trinajstić information content (AvgIpc) is 2.86. The molecule has 2 amide bonds. The number of nitrogens with zero attached hydrogens (tertiary/aromatic N) is 1. The Labute approximate surface area is 125 Å². The number of hydrogen-bond donors (Lipinski definition) is 3. The number of urea groups is 1. The summed E-state index contributed by atoms with van der Waals surface area (Å²) >= 11 is 1.17. The van der Waals surface area contributed by atoms with E-state index in [9.17, 15) is 14.4 Å². The van der Waals surface area contributed by atoms with Crippen LogP contribution in [-0.4, -0.2) is 41.7 Å². The molecule has 1 aromatic rings. The van der Waals surface area contributed by atoms with Crippen LogP contribution in [0.2, 0.25) is 0 Å². The normalized spacial score (nSPS) is 10.8. The van der Waals surface area contributed by atoms with E-state index in [2.05, 4.69) is 15.6 Å². The molecule has 0 saturated heterocycles. The first-order chi connectivity index (χ1) is 9.77. The maximum atomic E-state index is 11.7. The maximum Gasteiger partial charge on any atom is 0.321 e. The van der Waals surface area contributed by atoms with E-state index in [-0.39, 0.29) is 13.0 Å². The van der Waals surface area contributed by atoms with Crippen LogP contribution < -0.4 is 10.6 Å². The van der Waals surface area contributed by atoms with Crippen molar-refractivity contribution in [3.63, 3.8) is 0 Å². The molecule has 9 heteroatoms. The van der Waals surface area contributed by atoms with E-state index in [1.165, 1.54) is 18.4 Å². The summed E-state index contributed by atoms with van der Waals surface area (Å²) in [6.07, 6.45) is -0.161. The Balaban J connectivity index is 2.61. The summed E-state index contributed by atoms with van der Waals surface area (Å²) in [6.45, 7) is 3.36. The zero-order valence-corrected chi connectivity index (χ0v) is 12.7. The number of anilines is 1. The third-order valence-corrected chi connectivity index (χ3v) is 3.44. The Morgan fingerprint density at radius 1 is 1.43 bits per heavy atom. The minimum Gasteiger partial charge on any atom is -0.481 e. The molecule has 0 bridgehead atoms. The molecule has 3 N–H and O–H groups in total. The van der Waals surface area contributed by atoms with Gasteiger partial charge in [0.25, 0.3) is 0 Å². The van der Waals surface area contributed by atoms with Gasteiger partial charge in [-0.15, -0.1) is 11.3 Å². The fourth-order valence-corrected chi connectivity index (χ4v) is 2.28. The van der Waals surface area contributed by atoms with Crippen LogP contribution >= 0.6 is 11.3 Å². The van der Waals surface area contributed by atoms with Gasteiger partial charge in [-0.1, -0.05) is 0 Å². The van der Waals surface area contributed by atoms with Crippen molar-refractivity contribution in [1.29, 1.82) is 0 Å². The van der Waals surface area contributed by atoms with Crippen molar-refractivity contribution >= 4 is 34.4 Å². The minimum absolute atomic E-state index is 0.0209. The molecule has 0 spiro atoms. The zero-order chi connectivity index (χ0) is 16.0. The topological polar surface area (TPSA) is 118 Å². The monoisotopic (exact) mass is 315 g/mol. The molecule has 8 nitrogen and oxygen atoms in total. The number of nitrogens with one attached hydrogen (secondary N) is 2. The average molecular weight is 315 g/mol. The number of thiazole rings is 1. The largest absolute Gasteiger partial charge is 0.481 e. The molecule has 1 rings (SSSR count). The number of methoxy groups -OCH3 is 1. The zero-order valence-electron chi connectivity index (χ0n) is 11.9. The number of hydrogen-bond acceptors (Lipinski definition) is 6. The smallest absolute Gasteiger partial charge is 0.321 e. The minimum atomic E-state index is -0.994. The lowest BCUT2D eigenvalue weighted by Crippen LogP contribution is -2.31.